The summed E-state index contributed by atoms with van der Waals surface area (Å²) in [4.78, 5) is 0. The first kappa shape index (κ1) is 12.7. The van der Waals surface area contributed by atoms with Gasteiger partial charge in [-0.3, -0.25) is 0 Å². The van der Waals surface area contributed by atoms with Gasteiger partial charge >= 0.3 is 0 Å². The molecule has 2 nitrogen and oxygen atoms in total. The monoisotopic (exact) mass is 244 g/mol. The zero-order valence-electron chi connectivity index (χ0n) is 10.4. The van der Waals surface area contributed by atoms with Crippen LogP contribution in [0.5, 0.6) is 0 Å². The molecule has 0 aromatic heterocycles. The number of aliphatic hydroxyl groups is 2. The van der Waals surface area contributed by atoms with Gasteiger partial charge in [0.2, 0.25) is 0 Å². The molecule has 2 N–H and O–H groups in total. The fourth-order valence-corrected chi connectivity index (χ4v) is 5.31. The molecular weight excluding hydrogens is 220 g/mol. The van der Waals surface area contributed by atoms with Gasteiger partial charge < -0.3 is 10.2 Å². The van der Waals surface area contributed by atoms with Crippen LogP contribution in [0.3, 0.4) is 0 Å². The van der Waals surface area contributed by atoms with Crippen molar-refractivity contribution in [2.45, 2.75) is 45.1 Å². The second-order valence-electron chi connectivity index (χ2n) is 6.13. The molecule has 16 heavy (non-hydrogen) atoms. The van der Waals surface area contributed by atoms with E-state index in [0.29, 0.717) is 11.8 Å². The van der Waals surface area contributed by atoms with E-state index < -0.39 is 5.60 Å². The molecule has 0 spiro atoms. The first-order chi connectivity index (χ1) is 7.51. The Labute approximate surface area is 103 Å². The van der Waals surface area contributed by atoms with E-state index >= 15 is 0 Å². The molecule has 0 radical (unpaired) electrons. The number of aliphatic hydroxyl groups excluding tert-OH is 1. The average Bonchev–Trinajstić information content (AvgIpc) is 2.65. The van der Waals surface area contributed by atoms with Crippen molar-refractivity contribution in [1.82, 2.24) is 0 Å². The lowest BCUT2D eigenvalue weighted by Crippen LogP contribution is -2.54. The van der Waals surface area contributed by atoms with Crippen LogP contribution in [0.2, 0.25) is 0 Å². The highest BCUT2D eigenvalue weighted by Crippen LogP contribution is 2.53. The summed E-state index contributed by atoms with van der Waals surface area (Å²) >= 11 is 1.83. The molecule has 3 atom stereocenters. The summed E-state index contributed by atoms with van der Waals surface area (Å²) in [5.74, 6) is 3.12. The second kappa shape index (κ2) is 4.51. The van der Waals surface area contributed by atoms with Crippen molar-refractivity contribution in [3.05, 3.63) is 0 Å². The summed E-state index contributed by atoms with van der Waals surface area (Å²) in [6.07, 6.45) is 4.08. The summed E-state index contributed by atoms with van der Waals surface area (Å²) < 4.78 is 0. The lowest BCUT2D eigenvalue weighted by Gasteiger charge is -2.50. The van der Waals surface area contributed by atoms with E-state index in [0.717, 1.165) is 30.8 Å². The summed E-state index contributed by atoms with van der Waals surface area (Å²) in [5, 5.41) is 20.7. The molecule has 0 bridgehead atoms. The van der Waals surface area contributed by atoms with Gasteiger partial charge in [0, 0.05) is 11.2 Å². The molecule has 0 aromatic rings. The van der Waals surface area contributed by atoms with E-state index in [1.807, 2.05) is 11.8 Å². The Balaban J connectivity index is 2.23. The molecule has 3 heteroatoms. The molecule has 3 unspecified atom stereocenters. The van der Waals surface area contributed by atoms with E-state index in [2.05, 4.69) is 13.8 Å². The van der Waals surface area contributed by atoms with Crippen LogP contribution in [-0.4, -0.2) is 33.9 Å². The van der Waals surface area contributed by atoms with Gasteiger partial charge in [0.05, 0.1) is 12.2 Å². The number of thioether (sulfide) groups is 1. The third-order valence-corrected chi connectivity index (χ3v) is 5.75. The van der Waals surface area contributed by atoms with Gasteiger partial charge in [-0.2, -0.15) is 11.8 Å². The van der Waals surface area contributed by atoms with Crippen LogP contribution in [0.25, 0.3) is 0 Å². The minimum Gasteiger partial charge on any atom is -0.396 e. The standard InChI is InChI=1S/C13H24O2S/c1-10-5-11(2)7-12(6-10,8-14)13(15)3-4-16-9-13/h10-11,14-15H,3-9H2,1-2H3. The highest BCUT2D eigenvalue weighted by molar-refractivity contribution is 7.99. The molecule has 2 rings (SSSR count). The Morgan fingerprint density at radius 3 is 2.31 bits per heavy atom. The van der Waals surface area contributed by atoms with Crippen LogP contribution in [0.1, 0.15) is 39.5 Å². The van der Waals surface area contributed by atoms with Crippen LogP contribution in [0.15, 0.2) is 0 Å². The van der Waals surface area contributed by atoms with Crippen LogP contribution in [0.4, 0.5) is 0 Å². The molecule has 0 aromatic carbocycles. The minimum absolute atomic E-state index is 0.152. The van der Waals surface area contributed by atoms with Gasteiger partial charge in [-0.05, 0) is 43.3 Å². The van der Waals surface area contributed by atoms with Crippen molar-refractivity contribution >= 4 is 11.8 Å². The maximum Gasteiger partial charge on any atom is 0.0823 e. The lowest BCUT2D eigenvalue weighted by atomic mass is 9.58. The summed E-state index contributed by atoms with van der Waals surface area (Å²) in [7, 11) is 0. The van der Waals surface area contributed by atoms with E-state index in [4.69, 9.17) is 0 Å². The van der Waals surface area contributed by atoms with Crippen LogP contribution in [-0.2, 0) is 0 Å². The first-order valence-corrected chi connectivity index (χ1v) is 7.58. The topological polar surface area (TPSA) is 40.5 Å². The molecule has 1 heterocycles. The molecule has 94 valence electrons. The summed E-state index contributed by atoms with van der Waals surface area (Å²) in [6, 6.07) is 0. The average molecular weight is 244 g/mol. The van der Waals surface area contributed by atoms with Gasteiger partial charge in [-0.1, -0.05) is 13.8 Å². The van der Waals surface area contributed by atoms with Gasteiger partial charge in [0.15, 0.2) is 0 Å². The summed E-state index contributed by atoms with van der Waals surface area (Å²) in [5.41, 5.74) is -0.844. The van der Waals surface area contributed by atoms with Crippen LogP contribution < -0.4 is 0 Å². The lowest BCUT2D eigenvalue weighted by molar-refractivity contribution is -0.128. The van der Waals surface area contributed by atoms with Crippen molar-refractivity contribution in [1.29, 1.82) is 0 Å². The molecule has 1 aliphatic carbocycles. The number of rotatable bonds is 2. The molecule has 1 saturated carbocycles. The normalized spacial score (nSPS) is 49.5. The molecule has 2 aliphatic rings. The summed E-state index contributed by atoms with van der Waals surface area (Å²) in [6.45, 7) is 4.66. The van der Waals surface area contributed by atoms with Gasteiger partial charge in [-0.15, -0.1) is 0 Å². The van der Waals surface area contributed by atoms with Crippen molar-refractivity contribution in [2.24, 2.45) is 17.3 Å². The molecule has 0 amide bonds. The highest BCUT2D eigenvalue weighted by Gasteiger charge is 2.53. The van der Waals surface area contributed by atoms with E-state index in [1.54, 1.807) is 0 Å². The molecule has 2 fully saturated rings. The predicted octanol–water partition coefficient (Wildman–Crippen LogP) is 2.29. The Kier molecular flexibility index (Phi) is 3.58. The zero-order chi connectivity index (χ0) is 11.8. The zero-order valence-corrected chi connectivity index (χ0v) is 11.2. The minimum atomic E-state index is -0.616. The number of hydrogen-bond donors (Lipinski definition) is 2. The fourth-order valence-electron chi connectivity index (χ4n) is 3.90. The quantitative estimate of drug-likeness (QED) is 0.783. The van der Waals surface area contributed by atoms with Crippen LogP contribution in [0, 0.1) is 17.3 Å². The van der Waals surface area contributed by atoms with Crippen molar-refractivity contribution in [3.63, 3.8) is 0 Å². The molecule has 1 aliphatic heterocycles. The van der Waals surface area contributed by atoms with E-state index in [1.165, 1.54) is 6.42 Å². The smallest absolute Gasteiger partial charge is 0.0823 e. The van der Waals surface area contributed by atoms with E-state index in [-0.39, 0.29) is 12.0 Å². The third-order valence-electron chi connectivity index (χ3n) is 4.57. The largest absolute Gasteiger partial charge is 0.396 e. The SMILES string of the molecule is CC1CC(C)CC(CO)(C2(O)CCSC2)C1. The van der Waals surface area contributed by atoms with Crippen molar-refractivity contribution in [2.75, 3.05) is 18.1 Å². The maximum atomic E-state index is 10.8. The number of hydrogen-bond acceptors (Lipinski definition) is 3. The Bertz CT molecular complexity index is 238. The Hall–Kier alpha value is 0.270. The van der Waals surface area contributed by atoms with Gasteiger partial charge in [-0.25, -0.2) is 0 Å². The molecular formula is C13H24O2S. The van der Waals surface area contributed by atoms with E-state index in [9.17, 15) is 10.2 Å². The molecule has 1 saturated heterocycles. The maximum absolute atomic E-state index is 10.8. The Morgan fingerprint density at radius 1 is 1.25 bits per heavy atom. The predicted molar refractivity (Wildman–Crippen MR) is 68.6 cm³/mol. The van der Waals surface area contributed by atoms with Crippen molar-refractivity contribution < 1.29 is 10.2 Å². The van der Waals surface area contributed by atoms with Crippen LogP contribution >= 0.6 is 11.8 Å². The third kappa shape index (κ3) is 2.02. The second-order valence-corrected chi connectivity index (χ2v) is 7.23. The first-order valence-electron chi connectivity index (χ1n) is 6.42. The van der Waals surface area contributed by atoms with Gasteiger partial charge in [0.25, 0.3) is 0 Å². The van der Waals surface area contributed by atoms with Crippen molar-refractivity contribution in [3.8, 4) is 0 Å². The van der Waals surface area contributed by atoms with Gasteiger partial charge in [0.1, 0.15) is 0 Å². The highest BCUT2D eigenvalue weighted by atomic mass is 32.2. The fraction of sp³-hybridized carbons (Fsp3) is 1.00. The Morgan fingerprint density at radius 2 is 1.88 bits per heavy atom.